The lowest BCUT2D eigenvalue weighted by molar-refractivity contribution is -0.143. The van der Waals surface area contributed by atoms with Gasteiger partial charge in [0.05, 0.1) is 44.6 Å². The summed E-state index contributed by atoms with van der Waals surface area (Å²) in [7, 11) is 0. The van der Waals surface area contributed by atoms with Crippen molar-refractivity contribution < 1.29 is 26.3 Å². The van der Waals surface area contributed by atoms with Crippen LogP contribution in [0.4, 0.5) is 26.3 Å². The Labute approximate surface area is 460 Å². The second-order valence-electron chi connectivity index (χ2n) is 21.9. The first-order valence-corrected chi connectivity index (χ1v) is 26.5. The van der Waals surface area contributed by atoms with Gasteiger partial charge in [-0.15, -0.1) is 0 Å². The first-order valence-electron chi connectivity index (χ1n) is 26.5. The van der Waals surface area contributed by atoms with Gasteiger partial charge in [0, 0.05) is 21.5 Å². The highest BCUT2D eigenvalue weighted by molar-refractivity contribution is 6.14. The van der Waals surface area contributed by atoms with E-state index in [1.807, 2.05) is 57.7 Å². The fraction of sp³-hybridized carbons (Fsp3) is 0.141. The lowest BCUT2D eigenvalue weighted by atomic mass is 9.96. The normalized spacial score (nSPS) is 12.1. The molecular weight excluding hydrogens is 1010 g/mol. The molecule has 0 unspecified atom stereocenters. The van der Waals surface area contributed by atoms with Gasteiger partial charge in [-0.3, -0.25) is 0 Å². The van der Waals surface area contributed by atoms with Gasteiger partial charge in [-0.05, 0) is 190 Å². The summed E-state index contributed by atoms with van der Waals surface area (Å²) in [6.07, 6.45) is -10.2. The van der Waals surface area contributed by atoms with Gasteiger partial charge in [-0.1, -0.05) is 142 Å². The Morgan fingerprint density at radius 3 is 0.762 bits per heavy atom. The van der Waals surface area contributed by atoms with Crippen molar-refractivity contribution in [1.82, 2.24) is 9.13 Å². The SMILES string of the molecule is Cc1cc(C)cc(-c2ccc3c(c2)c2cc(-c4cc(C)cc(C)c4)ccc2n3-c2cc(-c3cc(C(F)(F)F)cc(C(F)(F)F)c3)cc(-n3c4ccc(-c5cc(C)cc(C)c5)cc4c4cc(-c5cc(C)cc(C)c5)ccc43)c2C#N)c1. The number of fused-ring (bicyclic) bond motifs is 6. The summed E-state index contributed by atoms with van der Waals surface area (Å²) >= 11 is 0. The Morgan fingerprint density at radius 1 is 0.287 bits per heavy atom. The second kappa shape index (κ2) is 19.1. The summed E-state index contributed by atoms with van der Waals surface area (Å²) in [6.45, 7) is 16.4. The Hall–Kier alpha value is -9.13. The number of aryl methyl sites for hydroxylation is 8. The molecule has 0 aliphatic heterocycles. The highest BCUT2D eigenvalue weighted by atomic mass is 19.4. The molecule has 0 spiro atoms. The molecule has 0 saturated heterocycles. The maximum Gasteiger partial charge on any atom is 0.416 e. The third-order valence-electron chi connectivity index (χ3n) is 15.4. The highest BCUT2D eigenvalue weighted by Crippen LogP contribution is 2.46. The van der Waals surface area contributed by atoms with Gasteiger partial charge in [-0.2, -0.15) is 31.6 Å². The zero-order valence-corrected chi connectivity index (χ0v) is 45.4. The standard InChI is InChI=1S/C71H53F6N3/c1-39-17-40(2)22-51(21-39)47-9-13-64-59(31-47)60-32-48(52-23-41(3)18-42(4)24-52)10-14-65(60)79(64)68-35-56(55-29-57(70(72,73)74)37-58(30-55)71(75,76)77)36-69(63(68)38-78)80-66-15-11-49(53-25-43(5)19-44(6)26-53)33-61(66)62-34-50(12-16-67(62)80)54-27-45(7)20-46(8)28-54/h9-37H,1-8H3. The topological polar surface area (TPSA) is 33.6 Å². The molecule has 80 heavy (non-hydrogen) atoms. The molecule has 12 aromatic rings. The van der Waals surface area contributed by atoms with Crippen LogP contribution in [0, 0.1) is 66.7 Å². The largest absolute Gasteiger partial charge is 0.416 e. The van der Waals surface area contributed by atoms with Crippen LogP contribution in [0.2, 0.25) is 0 Å². The number of nitrogens with zero attached hydrogens (tertiary/aromatic N) is 3. The van der Waals surface area contributed by atoms with E-state index in [9.17, 15) is 31.6 Å². The van der Waals surface area contributed by atoms with Gasteiger partial charge in [0.2, 0.25) is 0 Å². The number of hydrogen-bond donors (Lipinski definition) is 0. The lowest BCUT2D eigenvalue weighted by Crippen LogP contribution is -2.11. The molecule has 394 valence electrons. The summed E-state index contributed by atoms with van der Waals surface area (Å²) in [5, 5.41) is 15.2. The number of aromatic nitrogens is 2. The predicted octanol–water partition coefficient (Wildman–Crippen LogP) is 20.6. The minimum Gasteiger partial charge on any atom is -0.308 e. The van der Waals surface area contributed by atoms with E-state index in [2.05, 4.69) is 159 Å². The van der Waals surface area contributed by atoms with E-state index in [0.717, 1.165) is 123 Å². The predicted molar refractivity (Wildman–Crippen MR) is 315 cm³/mol. The molecule has 2 aromatic heterocycles. The molecule has 0 N–H and O–H groups in total. The zero-order chi connectivity index (χ0) is 56.3. The summed E-state index contributed by atoms with van der Waals surface area (Å²) in [6, 6.07) is 57.4. The molecule has 9 heteroatoms. The third-order valence-corrected chi connectivity index (χ3v) is 15.4. The molecule has 0 aliphatic carbocycles. The van der Waals surface area contributed by atoms with E-state index in [1.54, 1.807) is 12.1 Å². The molecule has 0 amide bonds. The van der Waals surface area contributed by atoms with Crippen LogP contribution in [-0.2, 0) is 12.4 Å². The Morgan fingerprint density at radius 2 is 0.525 bits per heavy atom. The third kappa shape index (κ3) is 9.28. The molecular formula is C71H53F6N3. The monoisotopic (exact) mass is 1060 g/mol. The van der Waals surface area contributed by atoms with Crippen molar-refractivity contribution in [3.05, 3.63) is 237 Å². The van der Waals surface area contributed by atoms with Crippen molar-refractivity contribution in [2.24, 2.45) is 0 Å². The first kappa shape index (κ1) is 51.6. The minimum absolute atomic E-state index is 0.0491. The van der Waals surface area contributed by atoms with Gasteiger partial charge in [0.1, 0.15) is 11.6 Å². The quantitative estimate of drug-likeness (QED) is 0.146. The summed E-state index contributed by atoms with van der Waals surface area (Å²) in [5.41, 5.74) is 16.9. The summed E-state index contributed by atoms with van der Waals surface area (Å²) in [5.74, 6) is 0. The summed E-state index contributed by atoms with van der Waals surface area (Å²) in [4.78, 5) is 0. The number of rotatable bonds is 7. The lowest BCUT2D eigenvalue weighted by Gasteiger charge is -2.20. The molecule has 2 heterocycles. The van der Waals surface area contributed by atoms with Gasteiger partial charge in [0.25, 0.3) is 0 Å². The number of benzene rings is 10. The van der Waals surface area contributed by atoms with Crippen LogP contribution in [0.25, 0.3) is 111 Å². The van der Waals surface area contributed by atoms with Crippen molar-refractivity contribution in [1.29, 1.82) is 5.26 Å². The van der Waals surface area contributed by atoms with Crippen molar-refractivity contribution in [3.8, 4) is 73.1 Å². The minimum atomic E-state index is -5.11. The molecule has 0 fully saturated rings. The first-order chi connectivity index (χ1) is 38.1. The number of nitriles is 1. The smallest absolute Gasteiger partial charge is 0.308 e. The molecule has 10 aromatic carbocycles. The Kier molecular flexibility index (Phi) is 12.3. The average molecular weight is 1060 g/mol. The maximum absolute atomic E-state index is 14.9. The Balaban J connectivity index is 1.22. The van der Waals surface area contributed by atoms with Crippen molar-refractivity contribution in [3.63, 3.8) is 0 Å². The van der Waals surface area contributed by atoms with E-state index in [0.29, 0.717) is 22.1 Å². The van der Waals surface area contributed by atoms with Crippen LogP contribution in [0.3, 0.4) is 0 Å². The van der Waals surface area contributed by atoms with Crippen LogP contribution < -0.4 is 0 Å². The average Bonchev–Trinajstić information content (AvgIpc) is 4.15. The van der Waals surface area contributed by atoms with E-state index < -0.39 is 23.5 Å². The van der Waals surface area contributed by atoms with E-state index in [4.69, 9.17) is 0 Å². The van der Waals surface area contributed by atoms with Crippen molar-refractivity contribution in [2.45, 2.75) is 67.7 Å². The molecule has 12 rings (SSSR count). The Bertz CT molecular complexity index is 4040. The number of hydrogen-bond acceptors (Lipinski definition) is 1. The van der Waals surface area contributed by atoms with Crippen molar-refractivity contribution >= 4 is 43.6 Å². The van der Waals surface area contributed by atoms with Crippen molar-refractivity contribution in [2.75, 3.05) is 0 Å². The molecule has 0 radical (unpaired) electrons. The molecule has 3 nitrogen and oxygen atoms in total. The molecule has 0 bridgehead atoms. The van der Waals surface area contributed by atoms with Crippen LogP contribution in [-0.4, -0.2) is 9.13 Å². The maximum atomic E-state index is 14.9. The second-order valence-corrected chi connectivity index (χ2v) is 21.9. The molecule has 0 aliphatic rings. The summed E-state index contributed by atoms with van der Waals surface area (Å²) < 4.78 is 93.0. The van der Waals surface area contributed by atoms with Crippen LogP contribution in [0.15, 0.2) is 176 Å². The van der Waals surface area contributed by atoms with Gasteiger partial charge >= 0.3 is 12.4 Å². The van der Waals surface area contributed by atoms with Gasteiger partial charge < -0.3 is 9.13 Å². The highest BCUT2D eigenvalue weighted by Gasteiger charge is 2.37. The van der Waals surface area contributed by atoms with Crippen LogP contribution in [0.1, 0.15) is 61.2 Å². The zero-order valence-electron chi connectivity index (χ0n) is 45.4. The van der Waals surface area contributed by atoms with E-state index in [1.165, 1.54) is 0 Å². The van der Waals surface area contributed by atoms with Gasteiger partial charge in [-0.25, -0.2) is 0 Å². The fourth-order valence-electron chi connectivity index (χ4n) is 12.2. The van der Waals surface area contributed by atoms with Crippen LogP contribution in [0.5, 0.6) is 0 Å². The van der Waals surface area contributed by atoms with E-state index >= 15 is 0 Å². The number of halogens is 6. The molecule has 0 saturated carbocycles. The van der Waals surface area contributed by atoms with Gasteiger partial charge in [0.15, 0.2) is 0 Å². The van der Waals surface area contributed by atoms with E-state index in [-0.39, 0.29) is 34.1 Å². The fourth-order valence-corrected chi connectivity index (χ4v) is 12.2. The molecule has 0 atom stereocenters. The van der Waals surface area contributed by atoms with Crippen LogP contribution >= 0.6 is 0 Å². The number of alkyl halides is 6.